The molecule has 0 aliphatic carbocycles. The predicted molar refractivity (Wildman–Crippen MR) is 83.0 cm³/mol. The number of nitrogens with zero attached hydrogens (tertiary/aromatic N) is 2. The molecule has 0 aliphatic rings. The van der Waals surface area contributed by atoms with Crippen LogP contribution in [0.4, 0.5) is 5.69 Å². The van der Waals surface area contributed by atoms with Crippen LogP contribution in [0.3, 0.4) is 0 Å². The number of pyridine rings is 1. The number of hydrogen-bond acceptors (Lipinski definition) is 3. The average molecular weight is 270 g/mol. The van der Waals surface area contributed by atoms with Gasteiger partial charge in [0.1, 0.15) is 11.4 Å². The molecule has 0 atom stereocenters. The van der Waals surface area contributed by atoms with E-state index in [9.17, 15) is 5.11 Å². The van der Waals surface area contributed by atoms with Crippen molar-refractivity contribution >= 4 is 5.69 Å². The molecule has 0 bridgehead atoms. The Balaban J connectivity index is 2.21. The van der Waals surface area contributed by atoms with Crippen LogP contribution in [0, 0.1) is 6.92 Å². The molecule has 1 aromatic heterocycles. The van der Waals surface area contributed by atoms with E-state index in [0.717, 1.165) is 30.8 Å². The van der Waals surface area contributed by atoms with Crippen molar-refractivity contribution in [1.29, 1.82) is 0 Å². The summed E-state index contributed by atoms with van der Waals surface area (Å²) in [6.45, 7) is 5.74. The maximum atomic E-state index is 9.97. The minimum absolute atomic E-state index is 0.271. The largest absolute Gasteiger partial charge is 0.506 e. The molecule has 0 saturated carbocycles. The number of unbranched alkanes of at least 4 members (excludes halogenated alkanes) is 1. The Kier molecular flexibility index (Phi) is 4.99. The zero-order valence-electron chi connectivity index (χ0n) is 12.2. The Morgan fingerprint density at radius 2 is 1.85 bits per heavy atom. The Bertz CT molecular complexity index is 540. The van der Waals surface area contributed by atoms with Crippen LogP contribution in [0.2, 0.25) is 0 Å². The van der Waals surface area contributed by atoms with Crippen LogP contribution < -0.4 is 4.90 Å². The lowest BCUT2D eigenvalue weighted by Gasteiger charge is -2.24. The van der Waals surface area contributed by atoms with Gasteiger partial charge in [0, 0.05) is 17.9 Å². The van der Waals surface area contributed by atoms with Gasteiger partial charge < -0.3 is 10.0 Å². The number of hydrogen-bond donors (Lipinski definition) is 1. The molecule has 0 aliphatic heterocycles. The third-order valence-electron chi connectivity index (χ3n) is 3.33. The molecule has 106 valence electrons. The van der Waals surface area contributed by atoms with E-state index >= 15 is 0 Å². The summed E-state index contributed by atoms with van der Waals surface area (Å²) in [6, 6.07) is 13.9. The Morgan fingerprint density at radius 3 is 2.55 bits per heavy atom. The maximum absolute atomic E-state index is 9.97. The second kappa shape index (κ2) is 6.94. The molecule has 0 radical (unpaired) electrons. The fourth-order valence-corrected chi connectivity index (χ4v) is 2.19. The van der Waals surface area contributed by atoms with Gasteiger partial charge in [0.05, 0.1) is 6.54 Å². The van der Waals surface area contributed by atoms with E-state index in [2.05, 4.69) is 28.9 Å². The number of anilines is 1. The van der Waals surface area contributed by atoms with Crippen molar-refractivity contribution in [3.8, 4) is 5.75 Å². The van der Waals surface area contributed by atoms with Gasteiger partial charge in [0.15, 0.2) is 0 Å². The van der Waals surface area contributed by atoms with Gasteiger partial charge in [0.2, 0.25) is 0 Å². The molecule has 0 fully saturated rings. The highest BCUT2D eigenvalue weighted by Gasteiger charge is 2.11. The van der Waals surface area contributed by atoms with Crippen LogP contribution in [0.25, 0.3) is 0 Å². The molecule has 0 saturated heterocycles. The fourth-order valence-electron chi connectivity index (χ4n) is 2.19. The van der Waals surface area contributed by atoms with Gasteiger partial charge in [-0.15, -0.1) is 0 Å². The lowest BCUT2D eigenvalue weighted by atomic mass is 10.2. The molecule has 1 heterocycles. The molecule has 0 spiro atoms. The van der Waals surface area contributed by atoms with E-state index in [4.69, 9.17) is 0 Å². The highest BCUT2D eigenvalue weighted by molar-refractivity contribution is 5.47. The Labute approximate surface area is 120 Å². The summed E-state index contributed by atoms with van der Waals surface area (Å²) in [4.78, 5) is 6.72. The highest BCUT2D eigenvalue weighted by Crippen LogP contribution is 2.21. The van der Waals surface area contributed by atoms with E-state index < -0.39 is 0 Å². The van der Waals surface area contributed by atoms with E-state index in [0.29, 0.717) is 6.54 Å². The van der Waals surface area contributed by atoms with Gasteiger partial charge in [-0.05, 0) is 37.6 Å². The summed E-state index contributed by atoms with van der Waals surface area (Å²) in [5.41, 5.74) is 2.84. The third kappa shape index (κ3) is 3.73. The number of aromatic nitrogens is 1. The summed E-state index contributed by atoms with van der Waals surface area (Å²) in [5, 5.41) is 9.97. The maximum Gasteiger partial charge on any atom is 0.138 e. The SMILES string of the molecule is CCCCN(Cc1nc(C)ccc1O)c1ccccc1. The molecular weight excluding hydrogens is 248 g/mol. The third-order valence-corrected chi connectivity index (χ3v) is 3.33. The summed E-state index contributed by atoms with van der Waals surface area (Å²) in [7, 11) is 0. The van der Waals surface area contributed by atoms with Crippen molar-refractivity contribution in [3.05, 3.63) is 53.9 Å². The van der Waals surface area contributed by atoms with Crippen molar-refractivity contribution in [2.75, 3.05) is 11.4 Å². The standard InChI is InChI=1S/C17H22N2O/c1-3-4-12-19(15-8-6-5-7-9-15)13-16-17(20)11-10-14(2)18-16/h5-11,20H,3-4,12-13H2,1-2H3. The monoisotopic (exact) mass is 270 g/mol. The highest BCUT2D eigenvalue weighted by atomic mass is 16.3. The number of aryl methyl sites for hydroxylation is 1. The van der Waals surface area contributed by atoms with Crippen LogP contribution in [-0.4, -0.2) is 16.6 Å². The zero-order chi connectivity index (χ0) is 14.4. The molecule has 20 heavy (non-hydrogen) atoms. The molecule has 0 amide bonds. The summed E-state index contributed by atoms with van der Waals surface area (Å²) in [6.07, 6.45) is 2.28. The van der Waals surface area contributed by atoms with Crippen LogP contribution >= 0.6 is 0 Å². The number of aromatic hydroxyl groups is 1. The van der Waals surface area contributed by atoms with Gasteiger partial charge in [-0.1, -0.05) is 31.5 Å². The first-order chi connectivity index (χ1) is 9.70. The fraction of sp³-hybridized carbons (Fsp3) is 0.353. The molecule has 0 unspecified atom stereocenters. The first-order valence-electron chi connectivity index (χ1n) is 7.16. The number of para-hydroxylation sites is 1. The summed E-state index contributed by atoms with van der Waals surface area (Å²) in [5.74, 6) is 0.271. The normalized spacial score (nSPS) is 10.5. The lowest BCUT2D eigenvalue weighted by Crippen LogP contribution is -2.24. The topological polar surface area (TPSA) is 36.4 Å². The van der Waals surface area contributed by atoms with Crippen molar-refractivity contribution in [3.63, 3.8) is 0 Å². The van der Waals surface area contributed by atoms with Gasteiger partial charge in [0.25, 0.3) is 0 Å². The van der Waals surface area contributed by atoms with E-state index in [-0.39, 0.29) is 5.75 Å². The molecule has 3 heteroatoms. The van der Waals surface area contributed by atoms with E-state index in [1.165, 1.54) is 5.69 Å². The first kappa shape index (κ1) is 14.4. The second-order valence-corrected chi connectivity index (χ2v) is 5.03. The molecule has 3 nitrogen and oxygen atoms in total. The van der Waals surface area contributed by atoms with Crippen molar-refractivity contribution in [1.82, 2.24) is 4.98 Å². The van der Waals surface area contributed by atoms with Gasteiger partial charge in [-0.2, -0.15) is 0 Å². The molecular formula is C17H22N2O. The van der Waals surface area contributed by atoms with E-state index in [1.54, 1.807) is 6.07 Å². The molecule has 1 aromatic carbocycles. The van der Waals surface area contributed by atoms with Crippen molar-refractivity contribution in [2.45, 2.75) is 33.2 Å². The van der Waals surface area contributed by atoms with Crippen LogP contribution in [0.1, 0.15) is 31.2 Å². The Hall–Kier alpha value is -2.03. The number of rotatable bonds is 6. The predicted octanol–water partition coefficient (Wildman–Crippen LogP) is 3.90. The minimum Gasteiger partial charge on any atom is -0.506 e. The lowest BCUT2D eigenvalue weighted by molar-refractivity contribution is 0.462. The van der Waals surface area contributed by atoms with Crippen molar-refractivity contribution in [2.24, 2.45) is 0 Å². The average Bonchev–Trinajstić information content (AvgIpc) is 2.48. The molecule has 2 aromatic rings. The minimum atomic E-state index is 0.271. The summed E-state index contributed by atoms with van der Waals surface area (Å²) >= 11 is 0. The van der Waals surface area contributed by atoms with Gasteiger partial charge in [-0.3, -0.25) is 4.98 Å². The quantitative estimate of drug-likeness (QED) is 0.864. The van der Waals surface area contributed by atoms with Crippen LogP contribution in [-0.2, 0) is 6.54 Å². The summed E-state index contributed by atoms with van der Waals surface area (Å²) < 4.78 is 0. The second-order valence-electron chi connectivity index (χ2n) is 5.03. The first-order valence-corrected chi connectivity index (χ1v) is 7.16. The van der Waals surface area contributed by atoms with Gasteiger partial charge >= 0.3 is 0 Å². The van der Waals surface area contributed by atoms with Crippen molar-refractivity contribution < 1.29 is 5.11 Å². The zero-order valence-corrected chi connectivity index (χ0v) is 12.2. The smallest absolute Gasteiger partial charge is 0.138 e. The molecule has 2 rings (SSSR count). The Morgan fingerprint density at radius 1 is 1.10 bits per heavy atom. The molecule has 1 N–H and O–H groups in total. The van der Waals surface area contributed by atoms with Crippen LogP contribution in [0.15, 0.2) is 42.5 Å². The van der Waals surface area contributed by atoms with E-state index in [1.807, 2.05) is 31.2 Å². The van der Waals surface area contributed by atoms with Gasteiger partial charge in [-0.25, -0.2) is 0 Å². The van der Waals surface area contributed by atoms with Crippen LogP contribution in [0.5, 0.6) is 5.75 Å². The number of benzene rings is 1.